The molecule has 0 aromatic rings. The number of halogens is 1. The van der Waals surface area contributed by atoms with Gasteiger partial charge in [0.05, 0.1) is 20.6 Å². The van der Waals surface area contributed by atoms with E-state index in [2.05, 4.69) is 27.6 Å². The molecular weight excluding hydrogens is 200 g/mol. The van der Waals surface area contributed by atoms with Gasteiger partial charge in [-0.25, -0.2) is 0 Å². The van der Waals surface area contributed by atoms with E-state index in [0.29, 0.717) is 5.57 Å². The second-order valence-electron chi connectivity index (χ2n) is 3.46. The summed E-state index contributed by atoms with van der Waals surface area (Å²) >= 11 is 0. The van der Waals surface area contributed by atoms with Gasteiger partial charge >= 0.3 is 0 Å². The molecule has 14 heavy (non-hydrogen) atoms. The highest BCUT2D eigenvalue weighted by molar-refractivity contribution is 5.90. The molecule has 4 heteroatoms. The lowest BCUT2D eigenvalue weighted by Gasteiger charge is -2.03. The molecule has 0 saturated heterocycles. The summed E-state index contributed by atoms with van der Waals surface area (Å²) < 4.78 is 0. The highest BCUT2D eigenvalue weighted by atomic mass is 35.5. The molecule has 0 aliphatic heterocycles. The van der Waals surface area contributed by atoms with E-state index in [4.69, 9.17) is 5.73 Å². The summed E-state index contributed by atoms with van der Waals surface area (Å²) in [6, 6.07) is 0. The molecule has 0 bridgehead atoms. The van der Waals surface area contributed by atoms with Crippen LogP contribution < -0.4 is 23.0 Å². The van der Waals surface area contributed by atoms with Crippen molar-refractivity contribution in [3.8, 4) is 0 Å². The van der Waals surface area contributed by atoms with Gasteiger partial charge in [0.1, 0.15) is 0 Å². The molecule has 0 radical (unpaired) electrons. The molecule has 0 aliphatic carbocycles. The van der Waals surface area contributed by atoms with Gasteiger partial charge in [0.15, 0.2) is 0 Å². The predicted octanol–water partition coefficient (Wildman–Crippen LogP) is -3.02. The minimum Gasteiger partial charge on any atom is -1.00 e. The first-order chi connectivity index (χ1) is 5.91. The number of rotatable bonds is 4. The molecule has 0 rings (SSSR count). The van der Waals surface area contributed by atoms with E-state index in [9.17, 15) is 4.79 Å². The van der Waals surface area contributed by atoms with Crippen LogP contribution in [-0.2, 0) is 4.79 Å². The molecule has 0 aromatic heterocycles. The number of nitrogens with one attached hydrogen (secondary N) is 1. The van der Waals surface area contributed by atoms with Crippen LogP contribution in [0.2, 0.25) is 0 Å². The van der Waals surface area contributed by atoms with E-state index < -0.39 is 5.91 Å². The molecule has 0 spiro atoms. The fourth-order valence-corrected chi connectivity index (χ4v) is 0.530. The fraction of sp³-hybridized carbons (Fsp3) is 0.700. The first-order valence-corrected chi connectivity index (χ1v) is 4.66. The van der Waals surface area contributed by atoms with Crippen molar-refractivity contribution in [3.63, 3.8) is 0 Å². The van der Waals surface area contributed by atoms with Crippen LogP contribution in [0.1, 0.15) is 26.7 Å². The molecule has 0 fully saturated rings. The number of unbranched alkanes of at least 4 members (excludes halogenated alkanes) is 1. The third-order valence-corrected chi connectivity index (χ3v) is 1.45. The quantitative estimate of drug-likeness (QED) is 0.489. The number of amides is 1. The maximum atomic E-state index is 9.82. The summed E-state index contributed by atoms with van der Waals surface area (Å²) in [6.45, 7) is 8.39. The van der Waals surface area contributed by atoms with Crippen LogP contribution in [0.5, 0.6) is 0 Å². The third-order valence-electron chi connectivity index (χ3n) is 1.45. The Morgan fingerprint density at radius 3 is 1.86 bits per heavy atom. The van der Waals surface area contributed by atoms with E-state index in [0.717, 1.165) is 0 Å². The summed E-state index contributed by atoms with van der Waals surface area (Å²) in [5, 5.41) is 0. The van der Waals surface area contributed by atoms with Gasteiger partial charge in [-0.15, -0.1) is 0 Å². The molecule has 3 N–H and O–H groups in total. The van der Waals surface area contributed by atoms with Crippen molar-refractivity contribution in [2.24, 2.45) is 5.73 Å². The highest BCUT2D eigenvalue weighted by Crippen LogP contribution is 1.78. The second-order valence-corrected chi connectivity index (χ2v) is 3.46. The number of nitrogens with two attached hydrogens (primary N) is 1. The minimum absolute atomic E-state index is 0. The maximum absolute atomic E-state index is 9.82. The van der Waals surface area contributed by atoms with Crippen molar-refractivity contribution in [2.45, 2.75) is 26.7 Å². The van der Waals surface area contributed by atoms with E-state index in [1.165, 1.54) is 19.4 Å². The molecule has 86 valence electrons. The van der Waals surface area contributed by atoms with E-state index in [-0.39, 0.29) is 12.4 Å². The SMILES string of the molecule is C=C(C)C(N)=O.CCCC[NH+](C)C.[Cl-]. The number of quaternary nitrogens is 1. The van der Waals surface area contributed by atoms with Gasteiger partial charge in [-0.1, -0.05) is 19.9 Å². The Bertz CT molecular complexity index is 146. The van der Waals surface area contributed by atoms with Gasteiger partial charge in [0.25, 0.3) is 0 Å². The summed E-state index contributed by atoms with van der Waals surface area (Å²) in [5.41, 5.74) is 5.09. The van der Waals surface area contributed by atoms with E-state index in [1.807, 2.05) is 0 Å². The maximum Gasteiger partial charge on any atom is 0.243 e. The molecule has 0 heterocycles. The molecule has 0 unspecified atom stereocenters. The zero-order valence-electron chi connectivity index (χ0n) is 9.69. The zero-order chi connectivity index (χ0) is 10.9. The summed E-state index contributed by atoms with van der Waals surface area (Å²) in [5.74, 6) is -0.435. The summed E-state index contributed by atoms with van der Waals surface area (Å²) in [6.07, 6.45) is 2.69. The normalized spacial score (nSPS) is 8.36. The van der Waals surface area contributed by atoms with E-state index in [1.54, 1.807) is 11.8 Å². The predicted molar refractivity (Wildman–Crippen MR) is 56.6 cm³/mol. The van der Waals surface area contributed by atoms with Gasteiger partial charge in [-0.05, 0) is 13.3 Å². The lowest BCUT2D eigenvalue weighted by atomic mass is 10.3. The molecule has 0 aliphatic rings. The summed E-state index contributed by atoms with van der Waals surface area (Å²) in [4.78, 5) is 11.4. The van der Waals surface area contributed by atoms with Gasteiger partial charge in [0, 0.05) is 5.57 Å². The number of carbonyl (C=O) groups is 1. The first-order valence-electron chi connectivity index (χ1n) is 4.66. The lowest BCUT2D eigenvalue weighted by molar-refractivity contribution is -0.858. The Morgan fingerprint density at radius 2 is 1.79 bits per heavy atom. The minimum atomic E-state index is -0.435. The Morgan fingerprint density at radius 1 is 1.43 bits per heavy atom. The van der Waals surface area contributed by atoms with Gasteiger partial charge in [-0.2, -0.15) is 0 Å². The van der Waals surface area contributed by atoms with Crippen LogP contribution in [0.25, 0.3) is 0 Å². The topological polar surface area (TPSA) is 47.5 Å². The smallest absolute Gasteiger partial charge is 0.243 e. The van der Waals surface area contributed by atoms with Crippen LogP contribution in [0.4, 0.5) is 0 Å². The zero-order valence-corrected chi connectivity index (χ0v) is 10.4. The second kappa shape index (κ2) is 12.5. The number of hydrogen-bond acceptors (Lipinski definition) is 1. The van der Waals surface area contributed by atoms with Crippen molar-refractivity contribution in [1.82, 2.24) is 0 Å². The van der Waals surface area contributed by atoms with Crippen molar-refractivity contribution < 1.29 is 22.1 Å². The van der Waals surface area contributed by atoms with Crippen LogP contribution in [-0.4, -0.2) is 26.5 Å². The van der Waals surface area contributed by atoms with E-state index >= 15 is 0 Å². The Hall–Kier alpha value is -0.540. The van der Waals surface area contributed by atoms with Crippen LogP contribution in [0.15, 0.2) is 12.2 Å². The monoisotopic (exact) mass is 222 g/mol. The number of hydrogen-bond donors (Lipinski definition) is 2. The standard InChI is InChI=1S/C6H15N.C4H7NO.ClH/c1-4-5-6-7(2)3;1-3(2)4(5)6;/h4-6H2,1-3H3;1H2,2H3,(H2,5,6);1H. The van der Waals surface area contributed by atoms with Crippen molar-refractivity contribution in [3.05, 3.63) is 12.2 Å². The van der Waals surface area contributed by atoms with Crippen molar-refractivity contribution >= 4 is 5.91 Å². The fourth-order valence-electron chi connectivity index (χ4n) is 0.530. The lowest BCUT2D eigenvalue weighted by Crippen LogP contribution is -3.05. The van der Waals surface area contributed by atoms with Gasteiger partial charge < -0.3 is 23.0 Å². The molecule has 0 saturated carbocycles. The first kappa shape index (κ1) is 19.1. The molecular formula is C10H23ClN2O. The van der Waals surface area contributed by atoms with Crippen molar-refractivity contribution in [2.75, 3.05) is 20.6 Å². The molecule has 3 nitrogen and oxygen atoms in total. The Kier molecular flexibility index (Phi) is 17.0. The average Bonchev–Trinajstić information content (AvgIpc) is 2.01. The van der Waals surface area contributed by atoms with Crippen LogP contribution in [0, 0.1) is 0 Å². The van der Waals surface area contributed by atoms with Crippen LogP contribution >= 0.6 is 0 Å². The summed E-state index contributed by atoms with van der Waals surface area (Å²) in [7, 11) is 4.38. The molecule has 0 aromatic carbocycles. The Balaban J connectivity index is -0.000000163. The van der Waals surface area contributed by atoms with Gasteiger partial charge in [-0.3, -0.25) is 4.79 Å². The highest BCUT2D eigenvalue weighted by Gasteiger charge is 1.87. The number of carbonyl (C=O) groups excluding carboxylic acids is 1. The third kappa shape index (κ3) is 22.5. The molecule has 0 atom stereocenters. The molecule has 1 amide bonds. The number of primary amides is 1. The van der Waals surface area contributed by atoms with Gasteiger partial charge in [0.2, 0.25) is 5.91 Å². The van der Waals surface area contributed by atoms with Crippen LogP contribution in [0.3, 0.4) is 0 Å². The average molecular weight is 223 g/mol. The van der Waals surface area contributed by atoms with Crippen molar-refractivity contribution in [1.29, 1.82) is 0 Å². The largest absolute Gasteiger partial charge is 1.00 e. The Labute approximate surface area is 93.8 Å².